The van der Waals surface area contributed by atoms with E-state index in [1.165, 1.54) is 12.5 Å². The fraction of sp³-hybridized carbons (Fsp3) is 0.389. The van der Waals surface area contributed by atoms with E-state index in [-0.39, 0.29) is 11.8 Å². The molecule has 0 unspecified atom stereocenters. The summed E-state index contributed by atoms with van der Waals surface area (Å²) in [6, 6.07) is 3.29. The van der Waals surface area contributed by atoms with Gasteiger partial charge in [-0.05, 0) is 32.4 Å². The molecule has 1 aliphatic heterocycles. The Morgan fingerprint density at radius 1 is 0.923 bits per heavy atom. The van der Waals surface area contributed by atoms with Gasteiger partial charge < -0.3 is 15.5 Å². The number of aryl methyl sites for hydroxylation is 2. The van der Waals surface area contributed by atoms with Crippen LogP contribution in [0.2, 0.25) is 0 Å². The van der Waals surface area contributed by atoms with E-state index in [9.17, 15) is 9.59 Å². The molecule has 0 bridgehead atoms. The lowest BCUT2D eigenvalue weighted by molar-refractivity contribution is 0.0717. The number of nitrogens with two attached hydrogens (primary N) is 1. The lowest BCUT2D eigenvalue weighted by Crippen LogP contribution is -2.38. The first-order valence-corrected chi connectivity index (χ1v) is 8.55. The Bertz CT molecular complexity index is 801. The van der Waals surface area contributed by atoms with Crippen molar-refractivity contribution in [2.45, 2.75) is 20.3 Å². The molecule has 1 fully saturated rings. The number of anilines is 1. The normalized spacial score (nSPS) is 14.8. The number of aromatic nitrogens is 3. The van der Waals surface area contributed by atoms with Gasteiger partial charge in [0.25, 0.3) is 11.8 Å². The van der Waals surface area contributed by atoms with Gasteiger partial charge in [0.15, 0.2) is 0 Å². The van der Waals surface area contributed by atoms with Crippen LogP contribution in [0, 0.1) is 13.8 Å². The van der Waals surface area contributed by atoms with Crippen molar-refractivity contribution in [3.05, 3.63) is 47.2 Å². The van der Waals surface area contributed by atoms with E-state index in [2.05, 4.69) is 15.0 Å². The third-order valence-electron chi connectivity index (χ3n) is 4.54. The van der Waals surface area contributed by atoms with Gasteiger partial charge in [0, 0.05) is 32.4 Å². The second-order valence-electron chi connectivity index (χ2n) is 6.33. The van der Waals surface area contributed by atoms with Crippen LogP contribution in [0.15, 0.2) is 24.7 Å². The number of rotatable bonds is 2. The molecule has 1 aliphatic rings. The van der Waals surface area contributed by atoms with Crippen LogP contribution >= 0.6 is 0 Å². The van der Waals surface area contributed by atoms with Crippen molar-refractivity contribution in [1.29, 1.82) is 0 Å². The van der Waals surface area contributed by atoms with Crippen molar-refractivity contribution >= 4 is 17.6 Å². The van der Waals surface area contributed by atoms with Crippen molar-refractivity contribution in [2.75, 3.05) is 31.9 Å². The van der Waals surface area contributed by atoms with E-state index in [0.717, 1.165) is 0 Å². The molecule has 0 spiro atoms. The zero-order chi connectivity index (χ0) is 18.7. The zero-order valence-electron chi connectivity index (χ0n) is 15.0. The first-order valence-electron chi connectivity index (χ1n) is 8.55. The summed E-state index contributed by atoms with van der Waals surface area (Å²) in [5.74, 6) is 0.205. The fourth-order valence-electron chi connectivity index (χ4n) is 3.10. The lowest BCUT2D eigenvalue weighted by atomic mass is 10.1. The predicted molar refractivity (Wildman–Crippen MR) is 96.6 cm³/mol. The summed E-state index contributed by atoms with van der Waals surface area (Å²) in [7, 11) is 0. The van der Waals surface area contributed by atoms with Gasteiger partial charge in [-0.3, -0.25) is 9.59 Å². The number of hydrogen-bond acceptors (Lipinski definition) is 6. The molecule has 8 nitrogen and oxygen atoms in total. The van der Waals surface area contributed by atoms with E-state index >= 15 is 0 Å². The second kappa shape index (κ2) is 7.47. The fourth-order valence-corrected chi connectivity index (χ4v) is 3.10. The molecule has 8 heteroatoms. The van der Waals surface area contributed by atoms with Gasteiger partial charge in [-0.15, -0.1) is 0 Å². The highest BCUT2D eigenvalue weighted by molar-refractivity contribution is 5.96. The number of carbonyl (C=O) groups excluding carboxylic acids is 2. The summed E-state index contributed by atoms with van der Waals surface area (Å²) in [5.41, 5.74) is 7.97. The third-order valence-corrected chi connectivity index (χ3v) is 4.54. The summed E-state index contributed by atoms with van der Waals surface area (Å²) in [6.07, 6.45) is 3.66. The maximum atomic E-state index is 12.9. The van der Waals surface area contributed by atoms with Crippen molar-refractivity contribution in [2.24, 2.45) is 0 Å². The number of hydrogen-bond donors (Lipinski definition) is 1. The van der Waals surface area contributed by atoms with Gasteiger partial charge >= 0.3 is 0 Å². The van der Waals surface area contributed by atoms with Crippen LogP contribution in [0.1, 0.15) is 38.5 Å². The molecule has 2 aromatic rings. The molecule has 2 amide bonds. The van der Waals surface area contributed by atoms with Gasteiger partial charge in [-0.25, -0.2) is 15.0 Å². The van der Waals surface area contributed by atoms with Crippen LogP contribution in [-0.4, -0.2) is 62.7 Å². The molecule has 0 aromatic carbocycles. The Morgan fingerprint density at radius 3 is 2.12 bits per heavy atom. The average molecular weight is 354 g/mol. The maximum absolute atomic E-state index is 12.9. The monoisotopic (exact) mass is 354 g/mol. The molecule has 0 saturated carbocycles. The molecule has 2 N–H and O–H groups in total. The molecule has 2 aromatic heterocycles. The Hall–Kier alpha value is -3.03. The van der Waals surface area contributed by atoms with Crippen LogP contribution in [0.4, 0.5) is 5.82 Å². The minimum atomic E-state index is -0.0952. The number of amides is 2. The topological polar surface area (TPSA) is 105 Å². The summed E-state index contributed by atoms with van der Waals surface area (Å²) in [6.45, 7) is 5.75. The van der Waals surface area contributed by atoms with E-state index in [4.69, 9.17) is 5.73 Å². The Balaban J connectivity index is 1.71. The van der Waals surface area contributed by atoms with Crippen LogP contribution in [-0.2, 0) is 0 Å². The van der Waals surface area contributed by atoms with Crippen LogP contribution < -0.4 is 5.73 Å². The van der Waals surface area contributed by atoms with Gasteiger partial charge in [0.05, 0.1) is 22.5 Å². The van der Waals surface area contributed by atoms with Crippen LogP contribution in [0.25, 0.3) is 0 Å². The van der Waals surface area contributed by atoms with Crippen molar-refractivity contribution in [3.8, 4) is 0 Å². The first-order chi connectivity index (χ1) is 12.5. The zero-order valence-corrected chi connectivity index (χ0v) is 15.0. The van der Waals surface area contributed by atoms with Crippen molar-refractivity contribution in [1.82, 2.24) is 24.8 Å². The SMILES string of the molecule is Cc1ncnc(C)c1C(=O)N1CCCN(C(=O)c2ccc(N)nc2)CC1. The molecule has 3 heterocycles. The summed E-state index contributed by atoms with van der Waals surface area (Å²) >= 11 is 0. The van der Waals surface area contributed by atoms with E-state index in [1.54, 1.807) is 21.9 Å². The average Bonchev–Trinajstić information content (AvgIpc) is 2.87. The highest BCUT2D eigenvalue weighted by Gasteiger charge is 2.25. The van der Waals surface area contributed by atoms with Crippen LogP contribution in [0.3, 0.4) is 0 Å². The highest BCUT2D eigenvalue weighted by Crippen LogP contribution is 2.15. The molecule has 0 radical (unpaired) electrons. The van der Waals surface area contributed by atoms with E-state index in [0.29, 0.717) is 60.9 Å². The third kappa shape index (κ3) is 3.63. The molecule has 3 rings (SSSR count). The molecule has 26 heavy (non-hydrogen) atoms. The standard InChI is InChI=1S/C18H22N6O2/c1-12-16(13(2)22-11-21-12)18(26)24-7-3-6-23(8-9-24)17(25)14-4-5-15(19)20-10-14/h4-5,10-11H,3,6-9H2,1-2H3,(H2,19,20). The molecule has 1 saturated heterocycles. The van der Waals surface area contributed by atoms with Crippen molar-refractivity contribution < 1.29 is 9.59 Å². The Labute approximate surface area is 152 Å². The Kier molecular flexibility index (Phi) is 5.11. The quantitative estimate of drug-likeness (QED) is 0.864. The minimum Gasteiger partial charge on any atom is -0.384 e. The molecular weight excluding hydrogens is 332 g/mol. The van der Waals surface area contributed by atoms with Gasteiger partial charge in [-0.1, -0.05) is 0 Å². The Morgan fingerprint density at radius 2 is 1.54 bits per heavy atom. The van der Waals surface area contributed by atoms with Crippen LogP contribution in [0.5, 0.6) is 0 Å². The predicted octanol–water partition coefficient (Wildman–Crippen LogP) is 1.06. The summed E-state index contributed by atoms with van der Waals surface area (Å²) in [4.78, 5) is 41.3. The summed E-state index contributed by atoms with van der Waals surface area (Å²) in [5, 5.41) is 0. The molecule has 136 valence electrons. The molecular formula is C18H22N6O2. The van der Waals surface area contributed by atoms with E-state index < -0.39 is 0 Å². The van der Waals surface area contributed by atoms with Crippen molar-refractivity contribution in [3.63, 3.8) is 0 Å². The summed E-state index contributed by atoms with van der Waals surface area (Å²) < 4.78 is 0. The van der Waals surface area contributed by atoms with Gasteiger partial charge in [0.2, 0.25) is 0 Å². The highest BCUT2D eigenvalue weighted by atomic mass is 16.2. The number of nitrogen functional groups attached to an aromatic ring is 1. The van der Waals surface area contributed by atoms with E-state index in [1.807, 2.05) is 13.8 Å². The first kappa shape index (κ1) is 17.8. The second-order valence-corrected chi connectivity index (χ2v) is 6.33. The number of pyridine rings is 1. The lowest BCUT2D eigenvalue weighted by Gasteiger charge is -2.23. The smallest absolute Gasteiger partial charge is 0.257 e. The van der Waals surface area contributed by atoms with Gasteiger partial charge in [-0.2, -0.15) is 0 Å². The number of nitrogens with zero attached hydrogens (tertiary/aromatic N) is 5. The molecule has 0 atom stereocenters. The largest absolute Gasteiger partial charge is 0.384 e. The number of carbonyl (C=O) groups is 2. The molecule has 0 aliphatic carbocycles. The maximum Gasteiger partial charge on any atom is 0.257 e. The minimum absolute atomic E-state index is 0.0796. The van der Waals surface area contributed by atoms with Gasteiger partial charge in [0.1, 0.15) is 12.1 Å².